The van der Waals surface area contributed by atoms with Gasteiger partial charge in [0, 0.05) is 32.0 Å². The van der Waals surface area contributed by atoms with Crippen LogP contribution in [0.3, 0.4) is 0 Å². The molecule has 1 aliphatic heterocycles. The first-order valence-electron chi connectivity index (χ1n) is 10.3. The number of aliphatic hydroxyl groups is 1. The van der Waals surface area contributed by atoms with E-state index in [1.807, 2.05) is 17.0 Å². The minimum Gasteiger partial charge on any atom is -0.393 e. The van der Waals surface area contributed by atoms with Crippen molar-refractivity contribution in [3.05, 3.63) is 35.6 Å². The Morgan fingerprint density at radius 1 is 1.15 bits per heavy atom. The molecule has 1 amide bonds. The summed E-state index contributed by atoms with van der Waals surface area (Å²) in [5.41, 5.74) is 0.903. The summed E-state index contributed by atoms with van der Waals surface area (Å²) in [5, 5.41) is 10.5. The number of carbonyl (C=O) groups excluding carboxylic acids is 1. The average molecular weight is 373 g/mol. The second-order valence-corrected chi connectivity index (χ2v) is 9.23. The molecule has 0 aromatic heterocycles. The highest BCUT2D eigenvalue weighted by Gasteiger charge is 2.61. The second-order valence-electron chi connectivity index (χ2n) is 9.23. The predicted molar refractivity (Wildman–Crippen MR) is 98.5 cm³/mol. The highest BCUT2D eigenvalue weighted by atomic mass is 19.1. The normalized spacial score (nSPS) is 40.3. The van der Waals surface area contributed by atoms with E-state index in [9.17, 15) is 14.3 Å². The Balaban J connectivity index is 1.48. The molecular formula is C22H28FNO3. The molecule has 5 heteroatoms. The van der Waals surface area contributed by atoms with E-state index in [0.717, 1.165) is 31.2 Å². The first-order chi connectivity index (χ1) is 13.0. The molecule has 27 heavy (non-hydrogen) atoms. The van der Waals surface area contributed by atoms with Gasteiger partial charge in [0.25, 0.3) is 0 Å². The van der Waals surface area contributed by atoms with Crippen molar-refractivity contribution in [2.45, 2.75) is 49.7 Å². The lowest BCUT2D eigenvalue weighted by atomic mass is 9.42. The van der Waals surface area contributed by atoms with Crippen LogP contribution < -0.4 is 0 Å². The van der Waals surface area contributed by atoms with Crippen molar-refractivity contribution in [1.29, 1.82) is 0 Å². The van der Waals surface area contributed by atoms with Crippen molar-refractivity contribution >= 4 is 5.91 Å². The Morgan fingerprint density at radius 2 is 1.70 bits per heavy atom. The number of hydrogen-bond donors (Lipinski definition) is 1. The summed E-state index contributed by atoms with van der Waals surface area (Å²) in [6.07, 6.45) is 4.43. The lowest BCUT2D eigenvalue weighted by molar-refractivity contribution is -0.159. The zero-order chi connectivity index (χ0) is 18.8. The van der Waals surface area contributed by atoms with E-state index < -0.39 is 0 Å². The van der Waals surface area contributed by atoms with E-state index in [-0.39, 0.29) is 29.3 Å². The van der Waals surface area contributed by atoms with Gasteiger partial charge in [0.2, 0.25) is 5.91 Å². The number of halogens is 1. The summed E-state index contributed by atoms with van der Waals surface area (Å²) in [7, 11) is 1.69. The van der Waals surface area contributed by atoms with Crippen LogP contribution in [0.2, 0.25) is 0 Å². The summed E-state index contributed by atoms with van der Waals surface area (Å²) < 4.78 is 18.9. The number of carbonyl (C=O) groups is 1. The lowest BCUT2D eigenvalue weighted by Crippen LogP contribution is -2.62. The Bertz CT molecular complexity index is 698. The van der Waals surface area contributed by atoms with E-state index in [0.29, 0.717) is 43.2 Å². The number of likely N-dealkylation sites (tertiary alicyclic amines) is 1. The third kappa shape index (κ3) is 2.58. The summed E-state index contributed by atoms with van der Waals surface area (Å²) in [5.74, 6) is 1.51. The summed E-state index contributed by atoms with van der Waals surface area (Å²) >= 11 is 0. The third-order valence-electron chi connectivity index (χ3n) is 8.13. The van der Waals surface area contributed by atoms with Gasteiger partial charge >= 0.3 is 0 Å². The highest BCUT2D eigenvalue weighted by molar-refractivity contribution is 5.79. The van der Waals surface area contributed by atoms with Crippen molar-refractivity contribution in [3.63, 3.8) is 0 Å². The van der Waals surface area contributed by atoms with Crippen LogP contribution in [0.25, 0.3) is 0 Å². The maximum atomic E-state index is 13.6. The average Bonchev–Trinajstić information content (AvgIpc) is 2.59. The number of ether oxygens (including phenoxy) is 1. The molecule has 0 atom stereocenters. The van der Waals surface area contributed by atoms with Crippen molar-refractivity contribution in [3.8, 4) is 0 Å². The zero-order valence-electron chi connectivity index (χ0n) is 15.8. The minimum absolute atomic E-state index is 0.157. The standard InChI is InChI=1S/C22H28FNO3/c1-27-19-11-24(12-19)20(25)10-22(15-2-4-18(23)5-3-15)16-6-13-7-17(22)9-14(8-16)21(13)26/h2-5,13-14,16-17,19,21,26H,6-12H2,1H3. The smallest absolute Gasteiger partial charge is 0.223 e. The molecule has 4 saturated carbocycles. The summed E-state index contributed by atoms with van der Waals surface area (Å²) in [6, 6.07) is 6.86. The second kappa shape index (κ2) is 6.28. The van der Waals surface area contributed by atoms with Gasteiger partial charge in [-0.2, -0.15) is 0 Å². The molecule has 0 unspecified atom stereocenters. The number of nitrogens with zero attached hydrogens (tertiary/aromatic N) is 1. The first-order valence-corrected chi connectivity index (χ1v) is 10.3. The molecule has 1 aromatic rings. The van der Waals surface area contributed by atoms with Crippen molar-refractivity contribution in [2.75, 3.05) is 20.2 Å². The molecular weight excluding hydrogens is 345 g/mol. The van der Waals surface area contributed by atoms with Crippen LogP contribution in [-0.4, -0.2) is 48.3 Å². The molecule has 1 aromatic carbocycles. The fourth-order valence-electron chi connectivity index (χ4n) is 6.74. The highest BCUT2D eigenvalue weighted by Crippen LogP contribution is 2.64. The van der Waals surface area contributed by atoms with Crippen LogP contribution in [0.15, 0.2) is 24.3 Å². The topological polar surface area (TPSA) is 49.8 Å². The maximum absolute atomic E-state index is 13.6. The number of benzene rings is 1. The molecule has 1 saturated heterocycles. The van der Waals surface area contributed by atoms with Gasteiger partial charge in [-0.25, -0.2) is 4.39 Å². The van der Waals surface area contributed by atoms with E-state index in [1.165, 1.54) is 12.1 Å². The molecule has 5 aliphatic rings. The Kier molecular flexibility index (Phi) is 4.10. The number of amides is 1. The number of rotatable bonds is 4. The van der Waals surface area contributed by atoms with Crippen LogP contribution in [-0.2, 0) is 14.9 Å². The SMILES string of the molecule is COC1CN(C(=O)CC2(c3ccc(F)cc3)C3CC4CC2CC(C3)C4O)C1. The fourth-order valence-corrected chi connectivity index (χ4v) is 6.74. The first kappa shape index (κ1) is 17.6. The fraction of sp³-hybridized carbons (Fsp3) is 0.682. The lowest BCUT2D eigenvalue weighted by Gasteiger charge is -2.63. The Hall–Kier alpha value is -1.46. The minimum atomic E-state index is -0.231. The van der Waals surface area contributed by atoms with Crippen LogP contribution in [0.1, 0.15) is 37.7 Å². The largest absolute Gasteiger partial charge is 0.393 e. The molecule has 6 rings (SSSR count). The van der Waals surface area contributed by atoms with Gasteiger partial charge in [-0.3, -0.25) is 4.79 Å². The van der Waals surface area contributed by atoms with Gasteiger partial charge in [-0.1, -0.05) is 12.1 Å². The van der Waals surface area contributed by atoms with Crippen LogP contribution in [0.4, 0.5) is 4.39 Å². The molecule has 0 radical (unpaired) electrons. The predicted octanol–water partition coefficient (Wildman–Crippen LogP) is 2.74. The van der Waals surface area contributed by atoms with Crippen molar-refractivity contribution in [2.24, 2.45) is 23.7 Å². The molecule has 4 bridgehead atoms. The quantitative estimate of drug-likeness (QED) is 0.883. The third-order valence-corrected chi connectivity index (χ3v) is 8.13. The van der Waals surface area contributed by atoms with E-state index >= 15 is 0 Å². The monoisotopic (exact) mass is 373 g/mol. The summed E-state index contributed by atoms with van der Waals surface area (Å²) in [6.45, 7) is 1.35. The molecule has 0 spiro atoms. The molecule has 146 valence electrons. The molecule has 4 aliphatic carbocycles. The number of methoxy groups -OCH3 is 1. The van der Waals surface area contributed by atoms with Crippen molar-refractivity contribution in [1.82, 2.24) is 4.90 Å². The van der Waals surface area contributed by atoms with Gasteiger partial charge in [0.1, 0.15) is 5.82 Å². The van der Waals surface area contributed by atoms with Gasteiger partial charge in [0.15, 0.2) is 0 Å². The van der Waals surface area contributed by atoms with Crippen molar-refractivity contribution < 1.29 is 19.0 Å². The van der Waals surface area contributed by atoms with Gasteiger partial charge in [-0.15, -0.1) is 0 Å². The van der Waals surface area contributed by atoms with Gasteiger partial charge in [0.05, 0.1) is 12.2 Å². The van der Waals surface area contributed by atoms with Crippen LogP contribution in [0, 0.1) is 29.5 Å². The van der Waals surface area contributed by atoms with Crippen LogP contribution >= 0.6 is 0 Å². The van der Waals surface area contributed by atoms with Gasteiger partial charge < -0.3 is 14.7 Å². The van der Waals surface area contributed by atoms with Crippen LogP contribution in [0.5, 0.6) is 0 Å². The Morgan fingerprint density at radius 3 is 2.22 bits per heavy atom. The zero-order valence-corrected chi connectivity index (χ0v) is 15.8. The molecule has 4 nitrogen and oxygen atoms in total. The maximum Gasteiger partial charge on any atom is 0.223 e. The van der Waals surface area contributed by atoms with E-state index in [2.05, 4.69) is 0 Å². The molecule has 1 heterocycles. The number of aliphatic hydroxyl groups excluding tert-OH is 1. The molecule has 1 N–H and O–H groups in total. The number of hydrogen-bond acceptors (Lipinski definition) is 3. The van der Waals surface area contributed by atoms with E-state index in [1.54, 1.807) is 7.11 Å². The molecule has 5 fully saturated rings. The van der Waals surface area contributed by atoms with E-state index in [4.69, 9.17) is 4.74 Å². The summed E-state index contributed by atoms with van der Waals surface area (Å²) in [4.78, 5) is 15.0. The Labute approximate surface area is 159 Å². The van der Waals surface area contributed by atoms with Gasteiger partial charge in [-0.05, 0) is 67.1 Å².